The van der Waals surface area contributed by atoms with Gasteiger partial charge in [0.1, 0.15) is 12.1 Å². The molecule has 0 fully saturated rings. The van der Waals surface area contributed by atoms with Crippen LogP contribution >= 0.6 is 0 Å². The number of hydrogen-bond acceptors (Lipinski definition) is 2. The van der Waals surface area contributed by atoms with Crippen LogP contribution in [0.4, 0.5) is 4.39 Å². The minimum absolute atomic E-state index is 0. The molecule has 0 bridgehead atoms. The molecule has 0 saturated carbocycles. The van der Waals surface area contributed by atoms with E-state index in [1.54, 1.807) is 0 Å². The van der Waals surface area contributed by atoms with E-state index in [0.717, 1.165) is 43.2 Å². The fourth-order valence-electron chi connectivity index (χ4n) is 4.14. The van der Waals surface area contributed by atoms with Crippen LogP contribution in [0.1, 0.15) is 56.4 Å². The quantitative estimate of drug-likeness (QED) is 0.472. The summed E-state index contributed by atoms with van der Waals surface area (Å²) in [6.07, 6.45) is 3.38. The topological polar surface area (TPSA) is 29.1 Å². The monoisotopic (exact) mass is 397 g/mol. The van der Waals surface area contributed by atoms with Crippen LogP contribution in [0.15, 0.2) is 53.6 Å². The molecule has 0 aromatic heterocycles. The van der Waals surface area contributed by atoms with Crippen LogP contribution < -0.4 is 5.32 Å². The molecule has 2 aromatic carbocycles. The van der Waals surface area contributed by atoms with Crippen molar-refractivity contribution in [3.05, 3.63) is 81.7 Å². The van der Waals surface area contributed by atoms with Crippen molar-refractivity contribution in [1.29, 1.82) is 0 Å². The highest BCUT2D eigenvalue weighted by atomic mass is 19.1. The van der Waals surface area contributed by atoms with E-state index in [-0.39, 0.29) is 13.2 Å². The van der Waals surface area contributed by atoms with Crippen molar-refractivity contribution in [3.63, 3.8) is 0 Å². The van der Waals surface area contributed by atoms with Gasteiger partial charge < -0.3 is 10.1 Å². The molecule has 1 N–H and O–H groups in total. The highest BCUT2D eigenvalue weighted by molar-refractivity contribution is 5.73. The second-order valence-electron chi connectivity index (χ2n) is 7.42. The Morgan fingerprint density at radius 1 is 1.03 bits per heavy atom. The predicted octanol–water partition coefficient (Wildman–Crippen LogP) is 6.09. The van der Waals surface area contributed by atoms with Crippen LogP contribution in [0, 0.1) is 19.7 Å². The zero-order valence-corrected chi connectivity index (χ0v) is 17.7. The van der Waals surface area contributed by atoms with Gasteiger partial charge in [-0.2, -0.15) is 0 Å². The molecule has 1 aliphatic carbocycles. The third-order valence-corrected chi connectivity index (χ3v) is 5.65. The van der Waals surface area contributed by atoms with Gasteiger partial charge in [0.2, 0.25) is 0 Å². The van der Waals surface area contributed by atoms with Gasteiger partial charge in [0, 0.05) is 6.54 Å². The van der Waals surface area contributed by atoms with E-state index in [2.05, 4.69) is 31.3 Å². The summed E-state index contributed by atoms with van der Waals surface area (Å²) < 4.78 is 13.2. The standard InChI is InChI=1S/C23H26FNO.C2H6.CH4/c1-16-5-4-6-22(17(16)2)23(15-26)12-19(20(13-23)14-25-3)11-18-7-9-21(24)10-8-18;1-2;/h4-10,15,25H,11-14H2,1-3H3;1-2H3;1H4/t23-;;/m0../s1. The first-order valence-corrected chi connectivity index (χ1v) is 10.1. The number of halogens is 1. The lowest BCUT2D eigenvalue weighted by molar-refractivity contribution is -0.112. The summed E-state index contributed by atoms with van der Waals surface area (Å²) in [6, 6.07) is 12.9. The average molecular weight is 398 g/mol. The summed E-state index contributed by atoms with van der Waals surface area (Å²) in [6.45, 7) is 8.97. The van der Waals surface area contributed by atoms with E-state index >= 15 is 0 Å². The average Bonchev–Trinajstić information content (AvgIpc) is 3.06. The zero-order chi connectivity index (χ0) is 20.7. The number of aldehydes is 1. The van der Waals surface area contributed by atoms with E-state index in [0.29, 0.717) is 0 Å². The molecular weight excluding hydrogens is 361 g/mol. The Morgan fingerprint density at radius 3 is 2.24 bits per heavy atom. The number of aryl methyl sites for hydroxylation is 1. The van der Waals surface area contributed by atoms with Crippen molar-refractivity contribution >= 4 is 6.29 Å². The van der Waals surface area contributed by atoms with Crippen molar-refractivity contribution in [2.24, 2.45) is 0 Å². The SMILES string of the molecule is C.CC.CNCC1=C(Cc2ccc(F)cc2)C[C@](C=O)(c2cccc(C)c2C)C1. The first-order valence-electron chi connectivity index (χ1n) is 10.1. The van der Waals surface area contributed by atoms with Gasteiger partial charge in [-0.15, -0.1) is 0 Å². The second-order valence-corrected chi connectivity index (χ2v) is 7.42. The third-order valence-electron chi connectivity index (χ3n) is 5.65. The first-order chi connectivity index (χ1) is 13.5. The maximum atomic E-state index is 13.2. The lowest BCUT2D eigenvalue weighted by atomic mass is 9.75. The van der Waals surface area contributed by atoms with E-state index in [4.69, 9.17) is 0 Å². The summed E-state index contributed by atoms with van der Waals surface area (Å²) in [4.78, 5) is 12.3. The van der Waals surface area contributed by atoms with E-state index < -0.39 is 5.41 Å². The molecule has 0 heterocycles. The molecule has 1 atom stereocenters. The number of benzene rings is 2. The van der Waals surface area contributed by atoms with Gasteiger partial charge in [0.15, 0.2) is 0 Å². The number of carbonyl (C=O) groups is 1. The molecule has 3 rings (SSSR count). The van der Waals surface area contributed by atoms with E-state index in [1.165, 1.54) is 34.4 Å². The Bertz CT molecular complexity index is 838. The Labute approximate surface area is 176 Å². The van der Waals surface area contributed by atoms with Gasteiger partial charge in [0.25, 0.3) is 0 Å². The summed E-state index contributed by atoms with van der Waals surface area (Å²) in [7, 11) is 1.93. The summed E-state index contributed by atoms with van der Waals surface area (Å²) in [5.41, 5.74) is 6.73. The molecule has 1 aliphatic rings. The maximum Gasteiger partial charge on any atom is 0.131 e. The largest absolute Gasteiger partial charge is 0.316 e. The van der Waals surface area contributed by atoms with Gasteiger partial charge in [0.05, 0.1) is 5.41 Å². The fraction of sp³-hybridized carbons (Fsp3) is 0.423. The van der Waals surface area contributed by atoms with Crippen molar-refractivity contribution in [3.8, 4) is 0 Å². The fourth-order valence-corrected chi connectivity index (χ4v) is 4.14. The maximum absolute atomic E-state index is 13.2. The zero-order valence-electron chi connectivity index (χ0n) is 17.7. The van der Waals surface area contributed by atoms with Crippen LogP contribution in [0.3, 0.4) is 0 Å². The normalized spacial score (nSPS) is 18.0. The molecule has 2 aromatic rings. The number of allylic oxidation sites excluding steroid dienone is 1. The van der Waals surface area contributed by atoms with Gasteiger partial charge in [-0.25, -0.2) is 4.39 Å². The molecule has 0 amide bonds. The van der Waals surface area contributed by atoms with E-state index in [9.17, 15) is 9.18 Å². The third kappa shape index (κ3) is 5.42. The van der Waals surface area contributed by atoms with Crippen molar-refractivity contribution in [1.82, 2.24) is 5.32 Å². The molecule has 0 unspecified atom stereocenters. The van der Waals surface area contributed by atoms with Gasteiger partial charge in [-0.1, -0.05) is 62.8 Å². The number of likely N-dealkylation sites (N-methyl/N-ethyl adjacent to an activating group) is 1. The number of carbonyl (C=O) groups excluding carboxylic acids is 1. The van der Waals surface area contributed by atoms with Crippen LogP contribution in [0.2, 0.25) is 0 Å². The van der Waals surface area contributed by atoms with Gasteiger partial charge in [-0.05, 0) is 74.5 Å². The van der Waals surface area contributed by atoms with E-state index in [1.807, 2.05) is 39.1 Å². The molecule has 29 heavy (non-hydrogen) atoms. The molecule has 0 saturated heterocycles. The highest BCUT2D eigenvalue weighted by Crippen LogP contribution is 2.45. The van der Waals surface area contributed by atoms with Gasteiger partial charge >= 0.3 is 0 Å². The van der Waals surface area contributed by atoms with Crippen molar-refractivity contribution in [2.45, 2.75) is 59.8 Å². The lowest BCUT2D eigenvalue weighted by Crippen LogP contribution is -2.27. The second kappa shape index (κ2) is 11.1. The number of hydrogen-bond donors (Lipinski definition) is 1. The molecule has 0 radical (unpaired) electrons. The van der Waals surface area contributed by atoms with Crippen LogP contribution in [0.5, 0.6) is 0 Å². The minimum atomic E-state index is -0.488. The van der Waals surface area contributed by atoms with Crippen LogP contribution in [-0.4, -0.2) is 19.9 Å². The summed E-state index contributed by atoms with van der Waals surface area (Å²) in [5, 5.41) is 3.24. The van der Waals surface area contributed by atoms with Crippen LogP contribution in [-0.2, 0) is 16.6 Å². The van der Waals surface area contributed by atoms with Crippen molar-refractivity contribution < 1.29 is 9.18 Å². The highest BCUT2D eigenvalue weighted by Gasteiger charge is 2.40. The molecule has 0 spiro atoms. The molecule has 0 aliphatic heterocycles. The van der Waals surface area contributed by atoms with Gasteiger partial charge in [-0.3, -0.25) is 0 Å². The first kappa shape index (κ1) is 24.8. The summed E-state index contributed by atoms with van der Waals surface area (Å²) in [5.74, 6) is -0.220. The lowest BCUT2D eigenvalue weighted by Gasteiger charge is -2.27. The minimum Gasteiger partial charge on any atom is -0.316 e. The predicted molar refractivity (Wildman–Crippen MR) is 122 cm³/mol. The Balaban J connectivity index is 0.00000136. The smallest absolute Gasteiger partial charge is 0.131 e. The van der Waals surface area contributed by atoms with Crippen LogP contribution in [0.25, 0.3) is 0 Å². The Morgan fingerprint density at radius 2 is 1.66 bits per heavy atom. The summed E-state index contributed by atoms with van der Waals surface area (Å²) >= 11 is 0. The number of rotatable bonds is 6. The Hall–Kier alpha value is -2.26. The molecule has 3 heteroatoms. The van der Waals surface area contributed by atoms with Crippen molar-refractivity contribution in [2.75, 3.05) is 13.6 Å². The molecular formula is C26H36FNO. The Kier molecular flexibility index (Phi) is 9.45. The molecule has 158 valence electrons. The molecule has 2 nitrogen and oxygen atoms in total. The number of nitrogens with one attached hydrogen (secondary N) is 1.